The first kappa shape index (κ1) is 36.1. The van der Waals surface area contributed by atoms with Crippen molar-refractivity contribution < 1.29 is 34.0 Å². The van der Waals surface area contributed by atoms with E-state index in [1.165, 1.54) is 51.4 Å². The van der Waals surface area contributed by atoms with Gasteiger partial charge < -0.3 is 20.1 Å². The number of ether oxygens (including phenoxy) is 1. The highest BCUT2D eigenvalue weighted by atomic mass is 31.1. The highest BCUT2D eigenvalue weighted by Gasteiger charge is 2.68. The van der Waals surface area contributed by atoms with Crippen LogP contribution in [0.4, 0.5) is 0 Å². The highest BCUT2D eigenvalue weighted by molar-refractivity contribution is 7.31. The summed E-state index contributed by atoms with van der Waals surface area (Å²) in [5.41, 5.74) is -1.57. The number of carbonyl (C=O) groups is 1. The molecule has 0 amide bonds. The molecule has 0 radical (unpaired) electrons. The SMILES string of the molecule is CCCCCCCCCCCCOC(=O)CCC(C)C1CCC2C3C(O)CC4CC(O)CC(P(=O)=O)C4(C)C3CC(O)C12C. The van der Waals surface area contributed by atoms with Gasteiger partial charge in [-0.05, 0) is 97.7 Å². The zero-order valence-corrected chi connectivity index (χ0v) is 29.0. The van der Waals surface area contributed by atoms with Gasteiger partial charge in [0.25, 0.3) is 0 Å². The molecule has 7 nitrogen and oxygen atoms in total. The quantitative estimate of drug-likeness (QED) is 0.0890. The van der Waals surface area contributed by atoms with E-state index in [1.54, 1.807) is 0 Å². The maximum Gasteiger partial charge on any atom is 0.319 e. The molecule has 4 fully saturated rings. The lowest BCUT2D eigenvalue weighted by Crippen LogP contribution is -2.64. The monoisotopic (exact) mass is 638 g/mol. The van der Waals surface area contributed by atoms with Crippen molar-refractivity contribution in [2.75, 3.05) is 6.61 Å². The van der Waals surface area contributed by atoms with Gasteiger partial charge in [-0.3, -0.25) is 4.79 Å². The highest BCUT2D eigenvalue weighted by Crippen LogP contribution is 2.69. The predicted octanol–water partition coefficient (Wildman–Crippen LogP) is 7.98. The number of hydrogen-bond acceptors (Lipinski definition) is 7. The lowest BCUT2D eigenvalue weighted by atomic mass is 9.43. The van der Waals surface area contributed by atoms with Crippen LogP contribution < -0.4 is 0 Å². The molecule has 0 spiro atoms. The largest absolute Gasteiger partial charge is 0.466 e. The second-order valence-electron chi connectivity index (χ2n) is 15.8. The van der Waals surface area contributed by atoms with E-state index in [2.05, 4.69) is 27.7 Å². The third-order valence-electron chi connectivity index (χ3n) is 13.4. The Kier molecular flexibility index (Phi) is 13.0. The number of hydrogen-bond donors (Lipinski definition) is 3. The van der Waals surface area contributed by atoms with Gasteiger partial charge in [0, 0.05) is 6.42 Å². The standard InChI is InChI=1S/C36H63O7P/c1-5-6-7-8-9-10-11-12-13-14-19-43-33(40)18-15-24(2)27-16-17-28-34-29(23-31(39)36(27,28)4)35(3)25(21-30(34)38)20-26(37)22-32(35)44(41)42/h24-32,34,37-39H,5-23H2,1-4H3. The van der Waals surface area contributed by atoms with Crippen molar-refractivity contribution >= 4 is 13.6 Å². The molecule has 12 atom stereocenters. The number of carbonyl (C=O) groups excluding carboxylic acids is 1. The molecule has 0 aromatic carbocycles. The van der Waals surface area contributed by atoms with Gasteiger partial charge in [-0.15, -0.1) is 0 Å². The van der Waals surface area contributed by atoms with Crippen LogP contribution in [0.2, 0.25) is 0 Å². The fourth-order valence-corrected chi connectivity index (χ4v) is 12.2. The van der Waals surface area contributed by atoms with E-state index >= 15 is 0 Å². The summed E-state index contributed by atoms with van der Waals surface area (Å²) < 4.78 is 30.6. The van der Waals surface area contributed by atoms with E-state index in [1.807, 2.05) is 0 Å². The minimum atomic E-state index is -2.74. The van der Waals surface area contributed by atoms with Gasteiger partial charge in [-0.2, -0.15) is 0 Å². The van der Waals surface area contributed by atoms with E-state index in [0.717, 1.165) is 32.1 Å². The summed E-state index contributed by atoms with van der Waals surface area (Å²) in [5, 5.41) is 33.9. The van der Waals surface area contributed by atoms with Crippen molar-refractivity contribution in [1.29, 1.82) is 0 Å². The second kappa shape index (κ2) is 15.9. The zero-order chi connectivity index (χ0) is 32.1. The van der Waals surface area contributed by atoms with E-state index in [4.69, 9.17) is 4.74 Å². The molecule has 254 valence electrons. The normalized spacial score (nSPS) is 40.5. The van der Waals surface area contributed by atoms with Gasteiger partial charge >= 0.3 is 13.6 Å². The van der Waals surface area contributed by atoms with Gasteiger partial charge in [0.15, 0.2) is 0 Å². The number of rotatable bonds is 16. The Balaban J connectivity index is 1.27. The molecule has 4 rings (SSSR count). The van der Waals surface area contributed by atoms with Crippen molar-refractivity contribution in [1.82, 2.24) is 0 Å². The van der Waals surface area contributed by atoms with E-state index in [9.17, 15) is 29.2 Å². The molecule has 4 aliphatic carbocycles. The van der Waals surface area contributed by atoms with Crippen LogP contribution in [0.5, 0.6) is 0 Å². The van der Waals surface area contributed by atoms with Gasteiger partial charge in [0.2, 0.25) is 0 Å². The topological polar surface area (TPSA) is 121 Å². The fraction of sp³-hybridized carbons (Fsp3) is 0.972. The Morgan fingerprint density at radius 1 is 0.841 bits per heavy atom. The summed E-state index contributed by atoms with van der Waals surface area (Å²) in [6.07, 6.45) is 15.4. The number of aliphatic hydroxyl groups is 3. The first-order valence-electron chi connectivity index (χ1n) is 18.3. The summed E-state index contributed by atoms with van der Waals surface area (Å²) in [7, 11) is -2.74. The molecule has 0 bridgehead atoms. The van der Waals surface area contributed by atoms with Gasteiger partial charge in [-0.1, -0.05) is 85.5 Å². The number of unbranched alkanes of at least 4 members (excludes halogenated alkanes) is 9. The molecule has 12 unspecified atom stereocenters. The lowest BCUT2D eigenvalue weighted by Gasteiger charge is -2.64. The van der Waals surface area contributed by atoms with Crippen LogP contribution in [0.15, 0.2) is 0 Å². The molecule has 3 N–H and O–H groups in total. The summed E-state index contributed by atoms with van der Waals surface area (Å²) in [5.74, 6) is 0.229. The van der Waals surface area contributed by atoms with Crippen LogP contribution in [-0.2, 0) is 18.7 Å². The number of aliphatic hydroxyl groups excluding tert-OH is 3. The van der Waals surface area contributed by atoms with Crippen LogP contribution in [0.3, 0.4) is 0 Å². The molecule has 0 heterocycles. The molecule has 0 saturated heterocycles. The molecule has 0 aromatic heterocycles. The van der Waals surface area contributed by atoms with Crippen LogP contribution in [0.1, 0.15) is 143 Å². The minimum Gasteiger partial charge on any atom is -0.466 e. The summed E-state index contributed by atoms with van der Waals surface area (Å²) in [6.45, 7) is 9.19. The van der Waals surface area contributed by atoms with Gasteiger partial charge in [0.1, 0.15) is 0 Å². The Morgan fingerprint density at radius 2 is 1.48 bits per heavy atom. The number of esters is 1. The maximum atomic E-state index is 12.6. The molecule has 4 saturated carbocycles. The third-order valence-corrected chi connectivity index (χ3v) is 14.7. The van der Waals surface area contributed by atoms with Crippen LogP contribution in [0, 0.1) is 46.3 Å². The van der Waals surface area contributed by atoms with Crippen LogP contribution >= 0.6 is 7.68 Å². The molecule has 0 aromatic rings. The Labute approximate surface area is 267 Å². The Morgan fingerprint density at radius 3 is 2.11 bits per heavy atom. The molecule has 8 heteroatoms. The van der Waals surface area contributed by atoms with E-state index in [0.29, 0.717) is 32.3 Å². The Hall–Kier alpha value is -0.750. The average Bonchev–Trinajstić information content (AvgIpc) is 3.34. The van der Waals surface area contributed by atoms with Crippen LogP contribution in [-0.4, -0.2) is 51.9 Å². The van der Waals surface area contributed by atoms with Gasteiger partial charge in [-0.25, -0.2) is 9.13 Å². The maximum absolute atomic E-state index is 12.6. The summed E-state index contributed by atoms with van der Waals surface area (Å²) in [4.78, 5) is 12.6. The first-order valence-corrected chi connectivity index (χ1v) is 19.5. The van der Waals surface area contributed by atoms with Crippen LogP contribution in [0.25, 0.3) is 0 Å². The second-order valence-corrected chi connectivity index (χ2v) is 17.0. The third kappa shape index (κ3) is 7.52. The van der Waals surface area contributed by atoms with E-state index in [-0.39, 0.29) is 53.3 Å². The van der Waals surface area contributed by atoms with Crippen molar-refractivity contribution in [3.05, 3.63) is 0 Å². The van der Waals surface area contributed by atoms with Crippen molar-refractivity contribution in [3.8, 4) is 0 Å². The van der Waals surface area contributed by atoms with Gasteiger partial charge in [0.05, 0.1) is 30.6 Å². The predicted molar refractivity (Wildman–Crippen MR) is 173 cm³/mol. The molecule has 0 aliphatic heterocycles. The summed E-state index contributed by atoms with van der Waals surface area (Å²) in [6, 6.07) is 0. The minimum absolute atomic E-state index is 0.0550. The average molecular weight is 639 g/mol. The fourth-order valence-electron chi connectivity index (χ4n) is 10.9. The first-order chi connectivity index (χ1) is 21.0. The molecule has 4 aliphatic rings. The Bertz CT molecular complexity index is 993. The van der Waals surface area contributed by atoms with Crippen molar-refractivity contribution in [3.63, 3.8) is 0 Å². The number of fused-ring (bicyclic) bond motifs is 5. The smallest absolute Gasteiger partial charge is 0.319 e. The van der Waals surface area contributed by atoms with E-state index < -0.39 is 37.1 Å². The molecular weight excluding hydrogens is 575 g/mol. The van der Waals surface area contributed by atoms with Crippen molar-refractivity contribution in [2.24, 2.45) is 46.3 Å². The summed E-state index contributed by atoms with van der Waals surface area (Å²) >= 11 is 0. The lowest BCUT2D eigenvalue weighted by molar-refractivity contribution is -0.205. The molecule has 44 heavy (non-hydrogen) atoms. The zero-order valence-electron chi connectivity index (χ0n) is 28.1. The molecular formula is C36H63O7P. The van der Waals surface area contributed by atoms with Crippen molar-refractivity contribution in [2.45, 2.75) is 167 Å².